The van der Waals surface area contributed by atoms with E-state index in [2.05, 4.69) is 20.4 Å². The largest absolute Gasteiger partial charge is 0.484 e. The van der Waals surface area contributed by atoms with Gasteiger partial charge < -0.3 is 24.1 Å². The van der Waals surface area contributed by atoms with Crippen LogP contribution in [-0.2, 0) is 16.1 Å². The third-order valence-corrected chi connectivity index (χ3v) is 5.97. The molecule has 0 radical (unpaired) electrons. The molecule has 1 aliphatic rings. The minimum atomic E-state index is -0.417. The molecule has 0 unspecified atom stereocenters. The minimum Gasteiger partial charge on any atom is -0.484 e. The van der Waals surface area contributed by atoms with Gasteiger partial charge in [-0.1, -0.05) is 23.4 Å². The third kappa shape index (κ3) is 6.15. The van der Waals surface area contributed by atoms with Crippen molar-refractivity contribution >= 4 is 40.6 Å². The number of halogens is 1. The molecule has 0 bridgehead atoms. The molecule has 2 heterocycles. The average Bonchev–Trinajstić information content (AvgIpc) is 3.27. The van der Waals surface area contributed by atoms with Crippen molar-refractivity contribution in [3.05, 3.63) is 59.4 Å². The van der Waals surface area contributed by atoms with Gasteiger partial charge in [-0.25, -0.2) is 0 Å². The summed E-state index contributed by atoms with van der Waals surface area (Å²) in [5, 5.41) is 11.4. The van der Waals surface area contributed by atoms with Crippen LogP contribution in [0.15, 0.2) is 58.2 Å². The lowest BCUT2D eigenvalue weighted by atomic mass is 10.2. The lowest BCUT2D eigenvalue weighted by Gasteiger charge is -2.28. The molecular formula is C22H23ClN4O4S. The third-order valence-electron chi connectivity index (χ3n) is 4.78. The first-order chi connectivity index (χ1) is 15.6. The summed E-state index contributed by atoms with van der Waals surface area (Å²) >= 11 is 7.05. The lowest BCUT2D eigenvalue weighted by molar-refractivity contribution is -0.115. The van der Waals surface area contributed by atoms with Crippen LogP contribution in [-0.4, -0.2) is 47.7 Å². The second-order valence-electron chi connectivity index (χ2n) is 7.10. The van der Waals surface area contributed by atoms with E-state index in [9.17, 15) is 4.79 Å². The van der Waals surface area contributed by atoms with Crippen LogP contribution >= 0.6 is 23.4 Å². The number of nitrogens with one attached hydrogen (secondary N) is 1. The molecular weight excluding hydrogens is 452 g/mol. The molecule has 32 heavy (non-hydrogen) atoms. The number of thioether (sulfide) groups is 1. The first-order valence-electron chi connectivity index (χ1n) is 10.2. The standard InChI is InChI=1S/C22H23ClN4O4S/c1-15(21(28)24-17-4-6-18(7-5-17)27-10-12-29-13-11-27)32-22-26-25-20(31-22)14-30-19-8-2-16(23)3-9-19/h2-9,15H,10-14H2,1H3,(H,24,28)/t15-/m1/s1. The van der Waals surface area contributed by atoms with Crippen molar-refractivity contribution < 1.29 is 18.7 Å². The Labute approximate surface area is 195 Å². The van der Waals surface area contributed by atoms with Crippen LogP contribution in [0.1, 0.15) is 12.8 Å². The summed E-state index contributed by atoms with van der Waals surface area (Å²) < 4.78 is 16.6. The highest BCUT2D eigenvalue weighted by molar-refractivity contribution is 8.00. The smallest absolute Gasteiger partial charge is 0.277 e. The van der Waals surface area contributed by atoms with E-state index in [1.54, 1.807) is 31.2 Å². The van der Waals surface area contributed by atoms with Crippen molar-refractivity contribution in [3.8, 4) is 5.75 Å². The van der Waals surface area contributed by atoms with E-state index in [0.29, 0.717) is 21.9 Å². The Kier molecular flexibility index (Phi) is 7.51. The van der Waals surface area contributed by atoms with Crippen molar-refractivity contribution in [2.24, 2.45) is 0 Å². The van der Waals surface area contributed by atoms with E-state index < -0.39 is 5.25 Å². The van der Waals surface area contributed by atoms with Crippen molar-refractivity contribution in [2.45, 2.75) is 24.0 Å². The van der Waals surface area contributed by atoms with Gasteiger partial charge in [0.05, 0.1) is 18.5 Å². The SMILES string of the molecule is C[C@@H](Sc1nnc(COc2ccc(Cl)cc2)o1)C(=O)Nc1ccc(N2CCOCC2)cc1. The van der Waals surface area contributed by atoms with Gasteiger partial charge in [0.25, 0.3) is 11.1 Å². The Morgan fingerprint density at radius 2 is 1.88 bits per heavy atom. The van der Waals surface area contributed by atoms with Gasteiger partial charge in [-0.3, -0.25) is 4.79 Å². The van der Waals surface area contributed by atoms with E-state index >= 15 is 0 Å². The maximum absolute atomic E-state index is 12.6. The van der Waals surface area contributed by atoms with E-state index in [1.807, 2.05) is 24.3 Å². The summed E-state index contributed by atoms with van der Waals surface area (Å²) in [5.74, 6) is 0.828. The fourth-order valence-corrected chi connectivity index (χ4v) is 3.87. The fraction of sp³-hybridized carbons (Fsp3) is 0.318. The number of nitrogens with zero attached hydrogens (tertiary/aromatic N) is 3. The van der Waals surface area contributed by atoms with Gasteiger partial charge in [0.2, 0.25) is 5.91 Å². The number of carbonyl (C=O) groups is 1. The number of morpholine rings is 1. The van der Waals surface area contributed by atoms with Gasteiger partial charge in [0.15, 0.2) is 6.61 Å². The maximum Gasteiger partial charge on any atom is 0.277 e. The Bertz CT molecular complexity index is 1020. The zero-order valence-electron chi connectivity index (χ0n) is 17.5. The number of carbonyl (C=O) groups excluding carboxylic acids is 1. The number of aromatic nitrogens is 2. The predicted octanol–water partition coefficient (Wildman–Crippen LogP) is 4.26. The first-order valence-corrected chi connectivity index (χ1v) is 11.4. The van der Waals surface area contributed by atoms with Crippen LogP contribution in [0.4, 0.5) is 11.4 Å². The molecule has 8 nitrogen and oxygen atoms in total. The van der Waals surface area contributed by atoms with Crippen LogP contribution in [0.2, 0.25) is 5.02 Å². The van der Waals surface area contributed by atoms with Crippen molar-refractivity contribution in [3.63, 3.8) is 0 Å². The van der Waals surface area contributed by atoms with Crippen LogP contribution < -0.4 is 15.0 Å². The zero-order chi connectivity index (χ0) is 22.3. The molecule has 10 heteroatoms. The van der Waals surface area contributed by atoms with Crippen molar-refractivity contribution in [2.75, 3.05) is 36.5 Å². The minimum absolute atomic E-state index is 0.130. The summed E-state index contributed by atoms with van der Waals surface area (Å²) in [5.41, 5.74) is 1.86. The fourth-order valence-electron chi connectivity index (χ4n) is 3.05. The van der Waals surface area contributed by atoms with E-state index in [1.165, 1.54) is 11.8 Å². The quantitative estimate of drug-likeness (QED) is 0.484. The lowest BCUT2D eigenvalue weighted by Crippen LogP contribution is -2.36. The molecule has 3 aromatic rings. The topological polar surface area (TPSA) is 89.7 Å². The van der Waals surface area contributed by atoms with Crippen molar-refractivity contribution in [1.82, 2.24) is 10.2 Å². The Morgan fingerprint density at radius 3 is 2.59 bits per heavy atom. The van der Waals surface area contributed by atoms with Gasteiger partial charge in [0, 0.05) is 29.5 Å². The molecule has 1 saturated heterocycles. The highest BCUT2D eigenvalue weighted by Crippen LogP contribution is 2.25. The van der Waals surface area contributed by atoms with Gasteiger partial charge in [0.1, 0.15) is 5.75 Å². The molecule has 1 aromatic heterocycles. The zero-order valence-corrected chi connectivity index (χ0v) is 19.1. The average molecular weight is 475 g/mol. The molecule has 1 amide bonds. The molecule has 1 aliphatic heterocycles. The summed E-state index contributed by atoms with van der Waals surface area (Å²) in [7, 11) is 0. The molecule has 0 spiro atoms. The number of hydrogen-bond donors (Lipinski definition) is 1. The van der Waals surface area contributed by atoms with E-state index in [-0.39, 0.29) is 12.5 Å². The molecule has 2 aromatic carbocycles. The molecule has 4 rings (SSSR count). The van der Waals surface area contributed by atoms with Crippen LogP contribution in [0.3, 0.4) is 0 Å². The normalized spacial score (nSPS) is 14.8. The number of amides is 1. The van der Waals surface area contributed by atoms with E-state index in [4.69, 9.17) is 25.5 Å². The van der Waals surface area contributed by atoms with Crippen LogP contribution in [0.5, 0.6) is 5.75 Å². The summed E-state index contributed by atoms with van der Waals surface area (Å²) in [6.45, 7) is 5.13. The molecule has 0 saturated carbocycles. The summed E-state index contributed by atoms with van der Waals surface area (Å²) in [6.07, 6.45) is 0. The Morgan fingerprint density at radius 1 is 1.16 bits per heavy atom. The Balaban J connectivity index is 1.25. The maximum atomic E-state index is 12.6. The van der Waals surface area contributed by atoms with Crippen LogP contribution in [0.25, 0.3) is 0 Å². The molecule has 1 atom stereocenters. The summed E-state index contributed by atoms with van der Waals surface area (Å²) in [4.78, 5) is 14.8. The highest BCUT2D eigenvalue weighted by Gasteiger charge is 2.19. The van der Waals surface area contributed by atoms with E-state index in [0.717, 1.165) is 37.7 Å². The molecule has 168 valence electrons. The van der Waals surface area contributed by atoms with Crippen LogP contribution in [0, 0.1) is 0 Å². The van der Waals surface area contributed by atoms with Crippen molar-refractivity contribution in [1.29, 1.82) is 0 Å². The predicted molar refractivity (Wildman–Crippen MR) is 124 cm³/mol. The second-order valence-corrected chi connectivity index (χ2v) is 8.83. The number of benzene rings is 2. The molecule has 1 fully saturated rings. The van der Waals surface area contributed by atoms with Gasteiger partial charge >= 0.3 is 0 Å². The number of ether oxygens (including phenoxy) is 2. The van der Waals surface area contributed by atoms with Gasteiger partial charge in [-0.05, 0) is 55.5 Å². The summed E-state index contributed by atoms with van der Waals surface area (Å²) in [6, 6.07) is 14.8. The number of rotatable bonds is 8. The first kappa shape index (κ1) is 22.4. The Hall–Kier alpha value is -2.75. The molecule has 1 N–H and O–H groups in total. The monoisotopic (exact) mass is 474 g/mol. The number of hydrogen-bond acceptors (Lipinski definition) is 8. The molecule has 0 aliphatic carbocycles. The number of anilines is 2. The van der Waals surface area contributed by atoms with Gasteiger partial charge in [-0.2, -0.15) is 0 Å². The second kappa shape index (κ2) is 10.7. The highest BCUT2D eigenvalue weighted by atomic mass is 35.5. The van der Waals surface area contributed by atoms with Gasteiger partial charge in [-0.15, -0.1) is 10.2 Å².